The molecule has 0 saturated heterocycles. The molecule has 0 spiro atoms. The third-order valence-corrected chi connectivity index (χ3v) is 2.95. The van der Waals surface area contributed by atoms with Gasteiger partial charge in [-0.15, -0.1) is 15.3 Å². The van der Waals surface area contributed by atoms with Gasteiger partial charge in [0.15, 0.2) is 0 Å². The van der Waals surface area contributed by atoms with Crippen LogP contribution in [0.25, 0.3) is 11.5 Å². The molecule has 8 heteroatoms. The Hall–Kier alpha value is -2.25. The number of benzene rings is 1. The molecule has 0 saturated carbocycles. The molecule has 0 unspecified atom stereocenters. The van der Waals surface area contributed by atoms with Crippen molar-refractivity contribution in [2.75, 3.05) is 0 Å². The maximum Gasteiger partial charge on any atom is 0.249 e. The van der Waals surface area contributed by atoms with E-state index in [9.17, 15) is 0 Å². The highest BCUT2D eigenvalue weighted by Gasteiger charge is 2.12. The number of halogens is 1. The van der Waals surface area contributed by atoms with E-state index in [-0.39, 0.29) is 13.2 Å². The molecule has 102 valence electrons. The minimum atomic E-state index is -0.158. The summed E-state index contributed by atoms with van der Waals surface area (Å²) in [5.41, 5.74) is 1.17. The number of nitrogens with zero attached hydrogens (tertiary/aromatic N) is 5. The highest BCUT2D eigenvalue weighted by Crippen LogP contribution is 2.26. The van der Waals surface area contributed by atoms with Crippen LogP contribution in [0, 0.1) is 0 Å². The Labute approximate surface area is 118 Å². The van der Waals surface area contributed by atoms with Crippen molar-refractivity contribution in [2.24, 2.45) is 0 Å². The minimum Gasteiger partial charge on any atom is -0.419 e. The van der Waals surface area contributed by atoms with E-state index in [0.29, 0.717) is 28.1 Å². The second-order valence-electron chi connectivity index (χ2n) is 4.05. The zero-order valence-electron chi connectivity index (χ0n) is 10.3. The normalized spacial score (nSPS) is 10.9. The third kappa shape index (κ3) is 2.54. The molecule has 0 fully saturated rings. The first-order chi connectivity index (χ1) is 9.76. The smallest absolute Gasteiger partial charge is 0.249 e. The lowest BCUT2D eigenvalue weighted by Crippen LogP contribution is -2.00. The molecule has 1 aromatic carbocycles. The standard InChI is InChI=1S/C12H10ClN5O2/c13-10-4-2-1-3-9(10)12-16-15-11(20-12)6-18-5-8(7-19)14-17-18/h1-5,19H,6-7H2. The summed E-state index contributed by atoms with van der Waals surface area (Å²) in [6, 6.07) is 7.23. The van der Waals surface area contributed by atoms with Crippen molar-refractivity contribution in [3.8, 4) is 11.5 Å². The van der Waals surface area contributed by atoms with Crippen molar-refractivity contribution >= 4 is 11.6 Å². The lowest BCUT2D eigenvalue weighted by molar-refractivity contribution is 0.276. The third-order valence-electron chi connectivity index (χ3n) is 2.62. The summed E-state index contributed by atoms with van der Waals surface area (Å²) in [6.45, 7) is 0.124. The summed E-state index contributed by atoms with van der Waals surface area (Å²) < 4.78 is 7.05. The molecular formula is C12H10ClN5O2. The molecule has 0 aliphatic carbocycles. The maximum absolute atomic E-state index is 8.92. The fraction of sp³-hybridized carbons (Fsp3) is 0.167. The average molecular weight is 292 g/mol. The molecule has 0 aliphatic heterocycles. The van der Waals surface area contributed by atoms with E-state index >= 15 is 0 Å². The lowest BCUT2D eigenvalue weighted by atomic mass is 10.2. The molecular weight excluding hydrogens is 282 g/mol. The number of aliphatic hydroxyl groups excluding tert-OH is 1. The quantitative estimate of drug-likeness (QED) is 0.784. The van der Waals surface area contributed by atoms with E-state index in [4.69, 9.17) is 21.1 Å². The highest BCUT2D eigenvalue weighted by atomic mass is 35.5. The van der Waals surface area contributed by atoms with Gasteiger partial charge < -0.3 is 9.52 Å². The van der Waals surface area contributed by atoms with Gasteiger partial charge in [0, 0.05) is 0 Å². The number of hydrogen-bond acceptors (Lipinski definition) is 6. The Morgan fingerprint density at radius 2 is 2.05 bits per heavy atom. The van der Waals surface area contributed by atoms with Gasteiger partial charge in [-0.05, 0) is 12.1 Å². The Bertz CT molecular complexity index is 724. The Balaban J connectivity index is 1.82. The molecule has 20 heavy (non-hydrogen) atoms. The van der Waals surface area contributed by atoms with Crippen molar-refractivity contribution in [2.45, 2.75) is 13.2 Å². The monoisotopic (exact) mass is 291 g/mol. The van der Waals surface area contributed by atoms with Gasteiger partial charge in [-0.25, -0.2) is 4.68 Å². The lowest BCUT2D eigenvalue weighted by Gasteiger charge is -1.97. The first-order valence-electron chi connectivity index (χ1n) is 5.83. The second kappa shape index (κ2) is 5.40. The molecule has 7 nitrogen and oxygen atoms in total. The Kier molecular flexibility index (Phi) is 3.44. The molecule has 0 amide bonds. The van der Waals surface area contributed by atoms with Gasteiger partial charge in [-0.2, -0.15) is 0 Å². The van der Waals surface area contributed by atoms with Crippen molar-refractivity contribution in [1.82, 2.24) is 25.2 Å². The van der Waals surface area contributed by atoms with Gasteiger partial charge in [-0.3, -0.25) is 0 Å². The summed E-state index contributed by atoms with van der Waals surface area (Å²) in [5.74, 6) is 0.738. The first-order valence-corrected chi connectivity index (χ1v) is 6.21. The van der Waals surface area contributed by atoms with Gasteiger partial charge in [0.05, 0.1) is 23.4 Å². The van der Waals surface area contributed by atoms with Crippen LogP contribution < -0.4 is 0 Å². The summed E-state index contributed by atoms with van der Waals surface area (Å²) in [5, 5.41) is 25.0. The summed E-state index contributed by atoms with van der Waals surface area (Å²) in [7, 11) is 0. The first kappa shape index (κ1) is 12.8. The van der Waals surface area contributed by atoms with Crippen LogP contribution in [0.2, 0.25) is 5.02 Å². The van der Waals surface area contributed by atoms with Crippen molar-refractivity contribution < 1.29 is 9.52 Å². The van der Waals surface area contributed by atoms with Crippen LogP contribution in [0.15, 0.2) is 34.9 Å². The number of aromatic nitrogens is 5. The van der Waals surface area contributed by atoms with Gasteiger partial charge in [0.1, 0.15) is 12.2 Å². The van der Waals surface area contributed by atoms with Crippen LogP contribution in [0.5, 0.6) is 0 Å². The topological polar surface area (TPSA) is 89.9 Å². The largest absolute Gasteiger partial charge is 0.419 e. The van der Waals surface area contributed by atoms with Crippen molar-refractivity contribution in [3.05, 3.63) is 47.1 Å². The van der Waals surface area contributed by atoms with Crippen LogP contribution in [0.4, 0.5) is 0 Å². The Morgan fingerprint density at radius 3 is 2.80 bits per heavy atom. The maximum atomic E-state index is 8.92. The van der Waals surface area contributed by atoms with Crippen LogP contribution >= 0.6 is 11.6 Å². The van der Waals surface area contributed by atoms with Crippen LogP contribution in [0.3, 0.4) is 0 Å². The van der Waals surface area contributed by atoms with Gasteiger partial charge >= 0.3 is 0 Å². The van der Waals surface area contributed by atoms with Gasteiger partial charge in [0.25, 0.3) is 0 Å². The SMILES string of the molecule is OCc1cn(Cc2nnc(-c3ccccc3Cl)o2)nn1. The van der Waals surface area contributed by atoms with Crippen LogP contribution in [-0.2, 0) is 13.2 Å². The Morgan fingerprint density at radius 1 is 1.20 bits per heavy atom. The second-order valence-corrected chi connectivity index (χ2v) is 4.45. The van der Waals surface area contributed by atoms with Crippen LogP contribution in [-0.4, -0.2) is 30.3 Å². The molecule has 0 aliphatic rings. The van der Waals surface area contributed by atoms with E-state index in [1.54, 1.807) is 18.3 Å². The molecule has 2 heterocycles. The number of hydrogen-bond donors (Lipinski definition) is 1. The van der Waals surface area contributed by atoms with Gasteiger partial charge in [0.2, 0.25) is 11.8 Å². The molecule has 3 rings (SSSR count). The van der Waals surface area contributed by atoms with Crippen LogP contribution in [0.1, 0.15) is 11.6 Å². The van der Waals surface area contributed by atoms with Crippen molar-refractivity contribution in [3.63, 3.8) is 0 Å². The van der Waals surface area contributed by atoms with E-state index in [0.717, 1.165) is 0 Å². The number of rotatable bonds is 4. The summed E-state index contributed by atoms with van der Waals surface area (Å²) in [6.07, 6.45) is 1.61. The van der Waals surface area contributed by atoms with E-state index in [1.807, 2.05) is 12.1 Å². The summed E-state index contributed by atoms with van der Waals surface area (Å²) >= 11 is 6.07. The fourth-order valence-corrected chi connectivity index (χ4v) is 1.90. The molecule has 1 N–H and O–H groups in total. The molecule has 0 bridgehead atoms. The zero-order valence-corrected chi connectivity index (χ0v) is 11.0. The molecule has 3 aromatic rings. The molecule has 0 radical (unpaired) electrons. The zero-order chi connectivity index (χ0) is 13.9. The molecule has 0 atom stereocenters. The number of aliphatic hydroxyl groups is 1. The predicted octanol–water partition coefficient (Wildman–Crippen LogP) is 1.52. The average Bonchev–Trinajstić information content (AvgIpc) is 3.09. The molecule has 2 aromatic heterocycles. The van der Waals surface area contributed by atoms with Crippen molar-refractivity contribution in [1.29, 1.82) is 0 Å². The van der Waals surface area contributed by atoms with E-state index < -0.39 is 0 Å². The minimum absolute atomic E-state index is 0.158. The summed E-state index contributed by atoms with van der Waals surface area (Å²) in [4.78, 5) is 0. The van der Waals surface area contributed by atoms with E-state index in [1.165, 1.54) is 4.68 Å². The highest BCUT2D eigenvalue weighted by molar-refractivity contribution is 6.33. The predicted molar refractivity (Wildman–Crippen MR) is 69.8 cm³/mol. The van der Waals surface area contributed by atoms with E-state index in [2.05, 4.69) is 20.5 Å². The fourth-order valence-electron chi connectivity index (χ4n) is 1.69. The van der Waals surface area contributed by atoms with Gasteiger partial charge in [-0.1, -0.05) is 28.9 Å².